The first-order valence-electron chi connectivity index (χ1n) is 9.10. The van der Waals surface area contributed by atoms with Crippen molar-refractivity contribution in [3.63, 3.8) is 0 Å². The number of anilines is 1. The maximum Gasteiger partial charge on any atom is 0.275 e. The summed E-state index contributed by atoms with van der Waals surface area (Å²) in [6.07, 6.45) is 0. The summed E-state index contributed by atoms with van der Waals surface area (Å²) in [6.45, 7) is 3.18. The van der Waals surface area contributed by atoms with Crippen LogP contribution in [0.1, 0.15) is 11.5 Å². The van der Waals surface area contributed by atoms with E-state index in [0.29, 0.717) is 53.3 Å². The molecule has 0 atom stereocenters. The zero-order valence-corrected chi connectivity index (χ0v) is 16.7. The highest BCUT2D eigenvalue weighted by Crippen LogP contribution is 2.28. The quantitative estimate of drug-likeness (QED) is 0.401. The van der Waals surface area contributed by atoms with Crippen LogP contribution in [0.25, 0.3) is 17.2 Å². The van der Waals surface area contributed by atoms with Crippen LogP contribution >= 0.6 is 0 Å². The van der Waals surface area contributed by atoms with Crippen molar-refractivity contribution in [2.75, 3.05) is 32.7 Å². The fraction of sp³-hybridized carbons (Fsp3) is 0.333. The fourth-order valence-corrected chi connectivity index (χ4v) is 2.63. The summed E-state index contributed by atoms with van der Waals surface area (Å²) >= 11 is 0. The fourth-order valence-electron chi connectivity index (χ4n) is 2.63. The lowest BCUT2D eigenvalue weighted by Crippen LogP contribution is -2.10. The van der Waals surface area contributed by atoms with E-state index >= 15 is 0 Å². The summed E-state index contributed by atoms with van der Waals surface area (Å²) in [6, 6.07) is 7.07. The summed E-state index contributed by atoms with van der Waals surface area (Å²) < 4.78 is 22.8. The van der Waals surface area contributed by atoms with Gasteiger partial charge in [-0.05, 0) is 19.1 Å². The van der Waals surface area contributed by atoms with Gasteiger partial charge in [-0.2, -0.15) is 4.52 Å². The molecule has 12 heteroatoms. The number of rotatable bonds is 9. The molecule has 156 valence electrons. The van der Waals surface area contributed by atoms with Crippen molar-refractivity contribution in [2.45, 2.75) is 13.5 Å². The third-order valence-corrected chi connectivity index (χ3v) is 4.09. The van der Waals surface area contributed by atoms with Crippen molar-refractivity contribution in [3.8, 4) is 23.1 Å². The first-order chi connectivity index (χ1) is 14.7. The predicted octanol–water partition coefficient (Wildman–Crippen LogP) is 1.52. The molecule has 0 aliphatic carbocycles. The van der Waals surface area contributed by atoms with Crippen molar-refractivity contribution in [3.05, 3.63) is 35.7 Å². The number of methoxy groups -OCH3 is 2. The molecule has 12 nitrogen and oxygen atoms in total. The molecule has 30 heavy (non-hydrogen) atoms. The van der Waals surface area contributed by atoms with Gasteiger partial charge >= 0.3 is 0 Å². The molecule has 0 amide bonds. The third-order valence-electron chi connectivity index (χ3n) is 4.09. The minimum Gasteiger partial charge on any atom is -0.491 e. The number of hydrogen-bond donors (Lipinski definition) is 1. The lowest BCUT2D eigenvalue weighted by Gasteiger charge is -2.10. The maximum atomic E-state index is 5.83. The number of ether oxygens (including phenoxy) is 3. The Hall–Kier alpha value is -3.80. The Bertz CT molecular complexity index is 1130. The Balaban J connectivity index is 1.53. The number of hydrogen-bond acceptors (Lipinski definition) is 11. The molecule has 1 N–H and O–H groups in total. The summed E-state index contributed by atoms with van der Waals surface area (Å²) in [5, 5.41) is 28.0. The van der Waals surface area contributed by atoms with Crippen molar-refractivity contribution in [1.82, 2.24) is 35.2 Å². The average Bonchev–Trinajstić information content (AvgIpc) is 3.38. The Morgan fingerprint density at radius 2 is 2.00 bits per heavy atom. The molecule has 4 aromatic heterocycles. The van der Waals surface area contributed by atoms with Gasteiger partial charge in [-0.3, -0.25) is 0 Å². The normalized spacial score (nSPS) is 11.0. The Morgan fingerprint density at radius 1 is 1.10 bits per heavy atom. The molecule has 0 saturated carbocycles. The zero-order valence-electron chi connectivity index (χ0n) is 16.7. The van der Waals surface area contributed by atoms with Gasteiger partial charge in [-0.25, -0.2) is 0 Å². The molecule has 0 saturated heterocycles. The lowest BCUT2D eigenvalue weighted by atomic mass is 10.3. The van der Waals surface area contributed by atoms with Gasteiger partial charge in [0, 0.05) is 25.8 Å². The van der Waals surface area contributed by atoms with Crippen LogP contribution in [0.2, 0.25) is 0 Å². The topological polar surface area (TPSA) is 135 Å². The number of aromatic nitrogens is 7. The van der Waals surface area contributed by atoms with Crippen LogP contribution < -0.4 is 14.8 Å². The second-order valence-electron chi connectivity index (χ2n) is 6.25. The highest BCUT2D eigenvalue weighted by Gasteiger charge is 2.18. The van der Waals surface area contributed by atoms with Gasteiger partial charge in [-0.1, -0.05) is 5.16 Å². The Kier molecular flexibility index (Phi) is 5.66. The second kappa shape index (κ2) is 8.69. The van der Waals surface area contributed by atoms with Gasteiger partial charge < -0.3 is 24.1 Å². The maximum absolute atomic E-state index is 5.83. The number of aryl methyl sites for hydroxylation is 1. The molecule has 0 aromatic carbocycles. The van der Waals surface area contributed by atoms with Crippen molar-refractivity contribution in [2.24, 2.45) is 0 Å². The zero-order chi connectivity index (χ0) is 20.9. The van der Waals surface area contributed by atoms with E-state index in [1.54, 1.807) is 26.2 Å². The van der Waals surface area contributed by atoms with Crippen molar-refractivity contribution >= 4 is 11.5 Å². The minimum atomic E-state index is 0.154. The first kappa shape index (κ1) is 19.5. The number of nitrogens with one attached hydrogen (secondary N) is 1. The minimum absolute atomic E-state index is 0.154. The van der Waals surface area contributed by atoms with E-state index in [2.05, 4.69) is 36.0 Å². The molecular weight excluding hydrogens is 392 g/mol. The van der Waals surface area contributed by atoms with Crippen LogP contribution in [0.15, 0.2) is 28.8 Å². The van der Waals surface area contributed by atoms with Gasteiger partial charge in [-0.15, -0.1) is 25.5 Å². The predicted molar refractivity (Wildman–Crippen MR) is 104 cm³/mol. The smallest absolute Gasteiger partial charge is 0.275 e. The van der Waals surface area contributed by atoms with Crippen LogP contribution in [0.3, 0.4) is 0 Å². The van der Waals surface area contributed by atoms with E-state index in [1.165, 1.54) is 11.6 Å². The standard InChI is InChI=1S/C18H20N8O4/c1-11-8-13(25-30-11)17-23-22-16-9-14(28-3)18(24-26(16)17)29-10-12-4-5-15(21-20-12)19-6-7-27-2/h4-5,8-9H,6-7,10H2,1-3H3,(H,19,21). The molecule has 0 radical (unpaired) electrons. The van der Waals surface area contributed by atoms with Gasteiger partial charge in [0.15, 0.2) is 17.1 Å². The van der Waals surface area contributed by atoms with Crippen LogP contribution in [-0.4, -0.2) is 62.5 Å². The lowest BCUT2D eigenvalue weighted by molar-refractivity contribution is 0.210. The molecule has 4 heterocycles. The van der Waals surface area contributed by atoms with E-state index in [0.717, 1.165) is 0 Å². The summed E-state index contributed by atoms with van der Waals surface area (Å²) in [5.74, 6) is 2.43. The molecule has 0 aliphatic rings. The van der Waals surface area contributed by atoms with Crippen molar-refractivity contribution in [1.29, 1.82) is 0 Å². The molecule has 4 rings (SSSR count). The Labute approximate surface area is 171 Å². The first-order valence-corrected chi connectivity index (χ1v) is 9.10. The van der Waals surface area contributed by atoms with Gasteiger partial charge in [0.25, 0.3) is 5.88 Å². The molecule has 0 bridgehead atoms. The van der Waals surface area contributed by atoms with Crippen LogP contribution in [0.5, 0.6) is 11.6 Å². The largest absolute Gasteiger partial charge is 0.491 e. The number of nitrogens with zero attached hydrogens (tertiary/aromatic N) is 7. The monoisotopic (exact) mass is 412 g/mol. The summed E-state index contributed by atoms with van der Waals surface area (Å²) in [5.41, 5.74) is 1.64. The highest BCUT2D eigenvalue weighted by molar-refractivity contribution is 5.56. The van der Waals surface area contributed by atoms with Crippen LogP contribution in [0, 0.1) is 6.92 Å². The van der Waals surface area contributed by atoms with Gasteiger partial charge in [0.1, 0.15) is 23.9 Å². The van der Waals surface area contributed by atoms with E-state index in [9.17, 15) is 0 Å². The number of fused-ring (bicyclic) bond motifs is 1. The Morgan fingerprint density at radius 3 is 2.70 bits per heavy atom. The average molecular weight is 412 g/mol. The third kappa shape index (κ3) is 4.12. The summed E-state index contributed by atoms with van der Waals surface area (Å²) in [4.78, 5) is 0. The van der Waals surface area contributed by atoms with Gasteiger partial charge in [0.05, 0.1) is 13.7 Å². The van der Waals surface area contributed by atoms with Gasteiger partial charge in [0.2, 0.25) is 5.82 Å². The molecule has 0 aliphatic heterocycles. The molecular formula is C18H20N8O4. The molecule has 0 fully saturated rings. The highest BCUT2D eigenvalue weighted by atomic mass is 16.5. The molecule has 0 unspecified atom stereocenters. The van der Waals surface area contributed by atoms with E-state index in [4.69, 9.17) is 18.7 Å². The SMILES string of the molecule is COCCNc1ccc(COc2nn3c(-c4cc(C)on4)nnc3cc2OC)nn1. The van der Waals surface area contributed by atoms with E-state index in [-0.39, 0.29) is 12.5 Å². The van der Waals surface area contributed by atoms with E-state index < -0.39 is 0 Å². The van der Waals surface area contributed by atoms with Crippen LogP contribution in [0.4, 0.5) is 5.82 Å². The van der Waals surface area contributed by atoms with Crippen LogP contribution in [-0.2, 0) is 11.3 Å². The van der Waals surface area contributed by atoms with E-state index in [1.807, 2.05) is 12.1 Å². The van der Waals surface area contributed by atoms with Crippen molar-refractivity contribution < 1.29 is 18.7 Å². The molecule has 4 aromatic rings. The summed E-state index contributed by atoms with van der Waals surface area (Å²) in [7, 11) is 3.17. The molecule has 0 spiro atoms. The second-order valence-corrected chi connectivity index (χ2v) is 6.25.